The van der Waals surface area contributed by atoms with Gasteiger partial charge in [0.25, 0.3) is 0 Å². The van der Waals surface area contributed by atoms with Crippen molar-refractivity contribution >= 4 is 5.91 Å². The molecule has 0 fully saturated rings. The SMILES string of the molecule is CCCCC(CC)COCC(=O)N(C)CCC#N. The van der Waals surface area contributed by atoms with Crippen LogP contribution in [-0.4, -0.2) is 37.6 Å². The van der Waals surface area contributed by atoms with Crippen LogP contribution in [0.3, 0.4) is 0 Å². The maximum atomic E-state index is 11.6. The smallest absolute Gasteiger partial charge is 0.248 e. The van der Waals surface area contributed by atoms with Crippen molar-refractivity contribution in [2.75, 3.05) is 26.8 Å². The fraction of sp³-hybridized carbons (Fsp3) is 0.857. The molecule has 18 heavy (non-hydrogen) atoms. The summed E-state index contributed by atoms with van der Waals surface area (Å²) in [4.78, 5) is 13.2. The first-order valence-corrected chi connectivity index (χ1v) is 6.84. The highest BCUT2D eigenvalue weighted by Crippen LogP contribution is 2.12. The van der Waals surface area contributed by atoms with Crippen LogP contribution in [0.15, 0.2) is 0 Å². The van der Waals surface area contributed by atoms with Gasteiger partial charge in [0, 0.05) is 13.6 Å². The molecule has 0 saturated heterocycles. The third kappa shape index (κ3) is 8.08. The average molecular weight is 254 g/mol. The minimum absolute atomic E-state index is 0.0457. The number of unbranched alkanes of at least 4 members (excludes halogenated alkanes) is 1. The van der Waals surface area contributed by atoms with E-state index in [0.29, 0.717) is 25.5 Å². The molecule has 0 radical (unpaired) electrons. The maximum absolute atomic E-state index is 11.6. The summed E-state index contributed by atoms with van der Waals surface area (Å²) in [5, 5.41) is 8.44. The van der Waals surface area contributed by atoms with Crippen molar-refractivity contribution in [3.8, 4) is 6.07 Å². The summed E-state index contributed by atoms with van der Waals surface area (Å²) in [5.74, 6) is 0.512. The monoisotopic (exact) mass is 254 g/mol. The van der Waals surface area contributed by atoms with Gasteiger partial charge in [0.15, 0.2) is 0 Å². The van der Waals surface area contributed by atoms with Crippen molar-refractivity contribution in [3.05, 3.63) is 0 Å². The second-order valence-electron chi connectivity index (χ2n) is 4.66. The normalized spacial score (nSPS) is 11.9. The Bertz CT molecular complexity index is 261. The molecule has 4 heteroatoms. The lowest BCUT2D eigenvalue weighted by molar-refractivity contribution is -0.135. The van der Waals surface area contributed by atoms with Gasteiger partial charge in [0.05, 0.1) is 19.1 Å². The molecule has 1 amide bonds. The van der Waals surface area contributed by atoms with Gasteiger partial charge < -0.3 is 9.64 Å². The molecule has 0 rings (SSSR count). The van der Waals surface area contributed by atoms with Crippen molar-refractivity contribution in [3.63, 3.8) is 0 Å². The standard InChI is InChI=1S/C14H26N2O2/c1-4-6-8-13(5-2)11-18-12-14(17)16(3)10-7-9-15/h13H,4-8,10-12H2,1-3H3. The van der Waals surface area contributed by atoms with E-state index in [1.54, 1.807) is 11.9 Å². The molecular weight excluding hydrogens is 228 g/mol. The van der Waals surface area contributed by atoms with E-state index in [2.05, 4.69) is 13.8 Å². The second-order valence-corrected chi connectivity index (χ2v) is 4.66. The van der Waals surface area contributed by atoms with Gasteiger partial charge in [-0.05, 0) is 12.3 Å². The summed E-state index contributed by atoms with van der Waals surface area (Å²) < 4.78 is 5.47. The van der Waals surface area contributed by atoms with E-state index in [0.717, 1.165) is 6.42 Å². The molecular formula is C14H26N2O2. The molecule has 0 aromatic heterocycles. The molecule has 1 unspecified atom stereocenters. The second kappa shape index (κ2) is 11.0. The van der Waals surface area contributed by atoms with Gasteiger partial charge in [-0.2, -0.15) is 5.26 Å². The van der Waals surface area contributed by atoms with Crippen LogP contribution >= 0.6 is 0 Å². The van der Waals surface area contributed by atoms with Gasteiger partial charge in [-0.25, -0.2) is 0 Å². The Hall–Kier alpha value is -1.08. The molecule has 0 aliphatic carbocycles. The van der Waals surface area contributed by atoms with Crippen molar-refractivity contribution in [1.82, 2.24) is 4.90 Å². The first kappa shape index (κ1) is 16.9. The lowest BCUT2D eigenvalue weighted by Crippen LogP contribution is -2.31. The van der Waals surface area contributed by atoms with Crippen molar-refractivity contribution < 1.29 is 9.53 Å². The molecule has 4 nitrogen and oxygen atoms in total. The summed E-state index contributed by atoms with van der Waals surface area (Å²) in [5.41, 5.74) is 0. The Kier molecular flexibility index (Phi) is 10.4. The molecule has 1 atom stereocenters. The summed E-state index contributed by atoms with van der Waals surface area (Å²) in [6.45, 7) is 5.61. The maximum Gasteiger partial charge on any atom is 0.248 e. The third-order valence-corrected chi connectivity index (χ3v) is 3.11. The molecule has 0 aromatic rings. The van der Waals surface area contributed by atoms with Gasteiger partial charge in [-0.3, -0.25) is 4.79 Å². The Morgan fingerprint density at radius 2 is 2.17 bits per heavy atom. The van der Waals surface area contributed by atoms with Crippen LogP contribution in [0.1, 0.15) is 46.0 Å². The molecule has 0 aliphatic heterocycles. The molecule has 0 heterocycles. The lowest BCUT2D eigenvalue weighted by atomic mass is 10.0. The Morgan fingerprint density at radius 3 is 2.72 bits per heavy atom. The number of likely N-dealkylation sites (N-methyl/N-ethyl adjacent to an activating group) is 1. The summed E-state index contributed by atoms with van der Waals surface area (Å²) in [6, 6.07) is 2.03. The molecule has 0 aromatic carbocycles. The molecule has 0 aliphatic rings. The number of amides is 1. The lowest BCUT2D eigenvalue weighted by Gasteiger charge is -2.18. The van der Waals surface area contributed by atoms with Crippen LogP contribution in [-0.2, 0) is 9.53 Å². The van der Waals surface area contributed by atoms with E-state index in [-0.39, 0.29) is 12.5 Å². The Labute approximate surface area is 111 Å². The Balaban J connectivity index is 3.74. The van der Waals surface area contributed by atoms with E-state index in [9.17, 15) is 4.79 Å². The fourth-order valence-electron chi connectivity index (χ4n) is 1.66. The fourth-order valence-corrected chi connectivity index (χ4v) is 1.66. The zero-order valence-electron chi connectivity index (χ0n) is 11.9. The van der Waals surface area contributed by atoms with Crippen molar-refractivity contribution in [2.45, 2.75) is 46.0 Å². The van der Waals surface area contributed by atoms with Crippen LogP contribution < -0.4 is 0 Å². The van der Waals surface area contributed by atoms with E-state index in [1.807, 2.05) is 6.07 Å². The predicted molar refractivity (Wildman–Crippen MR) is 72.0 cm³/mol. The first-order chi connectivity index (χ1) is 8.65. The highest BCUT2D eigenvalue weighted by molar-refractivity contribution is 5.77. The zero-order chi connectivity index (χ0) is 13.8. The number of nitrogens with zero attached hydrogens (tertiary/aromatic N) is 2. The highest BCUT2D eigenvalue weighted by Gasteiger charge is 2.10. The molecule has 104 valence electrons. The summed E-state index contributed by atoms with van der Waals surface area (Å²) >= 11 is 0. The molecule has 0 saturated carbocycles. The summed E-state index contributed by atoms with van der Waals surface area (Å²) in [6.07, 6.45) is 5.06. The highest BCUT2D eigenvalue weighted by atomic mass is 16.5. The van der Waals surface area contributed by atoms with Gasteiger partial charge in [0.2, 0.25) is 5.91 Å². The molecule has 0 N–H and O–H groups in total. The van der Waals surface area contributed by atoms with Gasteiger partial charge in [0.1, 0.15) is 6.61 Å². The first-order valence-electron chi connectivity index (χ1n) is 6.84. The number of hydrogen-bond acceptors (Lipinski definition) is 3. The average Bonchev–Trinajstić information content (AvgIpc) is 2.39. The van der Waals surface area contributed by atoms with Gasteiger partial charge in [-0.15, -0.1) is 0 Å². The number of rotatable bonds is 10. The largest absolute Gasteiger partial charge is 0.371 e. The quantitative estimate of drug-likeness (QED) is 0.602. The van der Waals surface area contributed by atoms with Crippen LogP contribution in [0.2, 0.25) is 0 Å². The van der Waals surface area contributed by atoms with E-state index in [1.165, 1.54) is 19.3 Å². The van der Waals surface area contributed by atoms with Gasteiger partial charge >= 0.3 is 0 Å². The van der Waals surface area contributed by atoms with Crippen LogP contribution in [0.4, 0.5) is 0 Å². The predicted octanol–water partition coefficient (Wildman–Crippen LogP) is 2.59. The van der Waals surface area contributed by atoms with Crippen LogP contribution in [0.5, 0.6) is 0 Å². The number of ether oxygens (including phenoxy) is 1. The number of carbonyl (C=O) groups excluding carboxylic acids is 1. The van der Waals surface area contributed by atoms with Crippen molar-refractivity contribution in [1.29, 1.82) is 5.26 Å². The minimum Gasteiger partial charge on any atom is -0.371 e. The molecule has 0 bridgehead atoms. The van der Waals surface area contributed by atoms with Crippen LogP contribution in [0.25, 0.3) is 0 Å². The van der Waals surface area contributed by atoms with E-state index < -0.39 is 0 Å². The van der Waals surface area contributed by atoms with E-state index >= 15 is 0 Å². The summed E-state index contributed by atoms with van der Waals surface area (Å²) in [7, 11) is 1.71. The Morgan fingerprint density at radius 1 is 1.44 bits per heavy atom. The topological polar surface area (TPSA) is 53.3 Å². The number of hydrogen-bond donors (Lipinski definition) is 0. The molecule has 0 spiro atoms. The van der Waals surface area contributed by atoms with E-state index in [4.69, 9.17) is 10.00 Å². The third-order valence-electron chi connectivity index (χ3n) is 3.11. The van der Waals surface area contributed by atoms with Crippen LogP contribution in [0, 0.1) is 17.2 Å². The minimum atomic E-state index is -0.0457. The number of nitriles is 1. The number of carbonyl (C=O) groups is 1. The van der Waals surface area contributed by atoms with Crippen molar-refractivity contribution in [2.24, 2.45) is 5.92 Å². The van der Waals surface area contributed by atoms with Gasteiger partial charge in [-0.1, -0.05) is 33.1 Å². The zero-order valence-corrected chi connectivity index (χ0v) is 11.9.